The summed E-state index contributed by atoms with van der Waals surface area (Å²) in [7, 11) is 0. The second kappa shape index (κ2) is 9.82. The first-order valence-corrected chi connectivity index (χ1v) is 9.91. The number of amides is 2. The van der Waals surface area contributed by atoms with E-state index in [-0.39, 0.29) is 11.0 Å². The van der Waals surface area contributed by atoms with Crippen LogP contribution in [0.5, 0.6) is 5.75 Å². The molecule has 0 saturated carbocycles. The monoisotopic (exact) mass is 513 g/mol. The molecule has 27 heavy (non-hydrogen) atoms. The van der Waals surface area contributed by atoms with E-state index in [0.717, 1.165) is 10.0 Å². The van der Waals surface area contributed by atoms with Gasteiger partial charge in [0, 0.05) is 15.6 Å². The first-order chi connectivity index (χ1) is 12.8. The van der Waals surface area contributed by atoms with Crippen molar-refractivity contribution in [1.82, 2.24) is 16.2 Å². The third kappa shape index (κ3) is 6.02. The zero-order valence-electron chi connectivity index (χ0n) is 14.6. The molecule has 3 N–H and O–H groups in total. The van der Waals surface area contributed by atoms with Crippen molar-refractivity contribution in [3.63, 3.8) is 0 Å². The minimum atomic E-state index is -0.413. The number of carbonyl (C=O) groups is 2. The first-order valence-electron chi connectivity index (χ1n) is 7.92. The minimum absolute atomic E-state index is 0.0236. The molecule has 2 aromatic carbocycles. The van der Waals surface area contributed by atoms with Crippen LogP contribution in [0, 0.1) is 6.92 Å². The predicted molar refractivity (Wildman–Crippen MR) is 115 cm³/mol. The molecule has 0 fully saturated rings. The Morgan fingerprint density at radius 3 is 2.26 bits per heavy atom. The molecule has 0 aliphatic heterocycles. The predicted octanol–water partition coefficient (Wildman–Crippen LogP) is 3.87. The summed E-state index contributed by atoms with van der Waals surface area (Å²) in [5, 5.41) is 2.47. The Balaban J connectivity index is 1.91. The van der Waals surface area contributed by atoms with Gasteiger partial charge in [0.2, 0.25) is 0 Å². The maximum absolute atomic E-state index is 12.3. The molecule has 0 unspecified atom stereocenters. The second-order valence-corrected chi connectivity index (χ2v) is 7.52. The van der Waals surface area contributed by atoms with E-state index in [4.69, 9.17) is 17.0 Å². The summed E-state index contributed by atoms with van der Waals surface area (Å²) in [6.07, 6.45) is 0. The van der Waals surface area contributed by atoms with Crippen LogP contribution < -0.4 is 20.9 Å². The lowest BCUT2D eigenvalue weighted by Crippen LogP contribution is -2.48. The van der Waals surface area contributed by atoms with E-state index in [9.17, 15) is 9.59 Å². The van der Waals surface area contributed by atoms with Gasteiger partial charge in [-0.3, -0.25) is 25.8 Å². The van der Waals surface area contributed by atoms with E-state index >= 15 is 0 Å². The van der Waals surface area contributed by atoms with Gasteiger partial charge in [-0.05, 0) is 77.9 Å². The lowest BCUT2D eigenvalue weighted by atomic mass is 10.1. The molecular formula is C18H17Br2N3O3S. The van der Waals surface area contributed by atoms with Crippen LogP contribution in [0.25, 0.3) is 0 Å². The highest BCUT2D eigenvalue weighted by atomic mass is 79.9. The van der Waals surface area contributed by atoms with Gasteiger partial charge in [-0.15, -0.1) is 0 Å². The van der Waals surface area contributed by atoms with Gasteiger partial charge in [-0.25, -0.2) is 0 Å². The number of ether oxygens (including phenoxy) is 1. The number of nitrogens with one attached hydrogen (secondary N) is 3. The topological polar surface area (TPSA) is 79.5 Å². The number of rotatable bonds is 4. The summed E-state index contributed by atoms with van der Waals surface area (Å²) >= 11 is 11.8. The highest BCUT2D eigenvalue weighted by Crippen LogP contribution is 2.26. The zero-order chi connectivity index (χ0) is 20.0. The summed E-state index contributed by atoms with van der Waals surface area (Å²) in [6, 6.07) is 10.2. The van der Waals surface area contributed by atoms with Crippen molar-refractivity contribution in [3.05, 3.63) is 62.0 Å². The molecule has 0 bridgehead atoms. The smallest absolute Gasteiger partial charge is 0.269 e. The van der Waals surface area contributed by atoms with Crippen LogP contribution in [0.1, 0.15) is 33.2 Å². The fraction of sp³-hybridized carbons (Fsp3) is 0.167. The largest absolute Gasteiger partial charge is 0.493 e. The average molecular weight is 515 g/mol. The Kier molecular flexibility index (Phi) is 7.76. The third-order valence-corrected chi connectivity index (χ3v) is 5.12. The Labute approximate surface area is 179 Å². The number of hydrogen-bond donors (Lipinski definition) is 3. The minimum Gasteiger partial charge on any atom is -0.493 e. The van der Waals surface area contributed by atoms with E-state index in [2.05, 4.69) is 48.0 Å². The molecule has 2 rings (SSSR count). The molecule has 2 aromatic rings. The molecule has 0 aromatic heterocycles. The van der Waals surface area contributed by atoms with Crippen molar-refractivity contribution in [2.24, 2.45) is 0 Å². The average Bonchev–Trinajstić information content (AvgIpc) is 2.63. The van der Waals surface area contributed by atoms with Crippen molar-refractivity contribution in [1.29, 1.82) is 0 Å². The van der Waals surface area contributed by atoms with Gasteiger partial charge in [0.05, 0.1) is 11.1 Å². The molecule has 9 heteroatoms. The number of aryl methyl sites for hydroxylation is 1. The number of hydrazine groups is 1. The van der Waals surface area contributed by atoms with Gasteiger partial charge in [0.15, 0.2) is 5.11 Å². The maximum atomic E-state index is 12.3. The molecule has 0 spiro atoms. The summed E-state index contributed by atoms with van der Waals surface area (Å²) in [4.78, 5) is 24.4. The van der Waals surface area contributed by atoms with Gasteiger partial charge in [0.25, 0.3) is 11.8 Å². The summed E-state index contributed by atoms with van der Waals surface area (Å²) in [5.74, 6) is -0.147. The number of halogens is 2. The molecule has 142 valence electrons. The fourth-order valence-corrected chi connectivity index (χ4v) is 3.06. The van der Waals surface area contributed by atoms with Crippen molar-refractivity contribution in [2.75, 3.05) is 6.61 Å². The van der Waals surface area contributed by atoms with Crippen molar-refractivity contribution in [3.8, 4) is 5.75 Å². The Bertz CT molecular complexity index is 890. The van der Waals surface area contributed by atoms with Gasteiger partial charge in [-0.2, -0.15) is 0 Å². The van der Waals surface area contributed by atoms with Gasteiger partial charge in [0.1, 0.15) is 5.75 Å². The molecular weight excluding hydrogens is 498 g/mol. The number of carbonyl (C=O) groups excluding carboxylic acids is 2. The van der Waals surface area contributed by atoms with Crippen LogP contribution in [-0.2, 0) is 0 Å². The molecule has 0 radical (unpaired) electrons. The SMILES string of the molecule is CCOc1ccc(C(=O)NC(=S)NNC(=O)c2ccc(C)c(Br)c2)cc1Br. The fourth-order valence-electron chi connectivity index (χ4n) is 2.04. The number of thiocarbonyl (C=S) groups is 1. The Morgan fingerprint density at radius 1 is 1.00 bits per heavy atom. The summed E-state index contributed by atoms with van der Waals surface area (Å²) in [5.41, 5.74) is 6.81. The van der Waals surface area contributed by atoms with Crippen molar-refractivity contribution in [2.45, 2.75) is 13.8 Å². The van der Waals surface area contributed by atoms with Crippen LogP contribution in [0.2, 0.25) is 0 Å². The molecule has 6 nitrogen and oxygen atoms in total. The van der Waals surface area contributed by atoms with Crippen molar-refractivity contribution < 1.29 is 14.3 Å². The van der Waals surface area contributed by atoms with Crippen molar-refractivity contribution >= 4 is 61.0 Å². The van der Waals surface area contributed by atoms with E-state index in [1.807, 2.05) is 19.9 Å². The quantitative estimate of drug-likeness (QED) is 0.426. The summed E-state index contributed by atoms with van der Waals surface area (Å²) in [6.45, 7) is 4.32. The Morgan fingerprint density at radius 2 is 1.63 bits per heavy atom. The second-order valence-electron chi connectivity index (χ2n) is 5.40. The number of hydrogen-bond acceptors (Lipinski definition) is 4. The normalized spacial score (nSPS) is 10.1. The van der Waals surface area contributed by atoms with Crippen LogP contribution in [0.4, 0.5) is 0 Å². The van der Waals surface area contributed by atoms with Crippen LogP contribution >= 0.6 is 44.1 Å². The lowest BCUT2D eigenvalue weighted by molar-refractivity contribution is 0.0934. The molecule has 0 aliphatic carbocycles. The third-order valence-electron chi connectivity index (χ3n) is 3.44. The van der Waals surface area contributed by atoms with E-state index < -0.39 is 5.91 Å². The zero-order valence-corrected chi connectivity index (χ0v) is 18.5. The molecule has 2 amide bonds. The van der Waals surface area contributed by atoms with Gasteiger partial charge in [-0.1, -0.05) is 22.0 Å². The maximum Gasteiger partial charge on any atom is 0.269 e. The van der Waals surface area contributed by atoms with Gasteiger partial charge < -0.3 is 4.74 Å². The first kappa shape index (κ1) is 21.3. The van der Waals surface area contributed by atoms with Crippen LogP contribution in [-0.4, -0.2) is 23.5 Å². The van der Waals surface area contributed by atoms with E-state index in [1.54, 1.807) is 30.3 Å². The van der Waals surface area contributed by atoms with Crippen LogP contribution in [0.15, 0.2) is 45.3 Å². The van der Waals surface area contributed by atoms with E-state index in [0.29, 0.717) is 28.0 Å². The standard InChI is InChI=1S/C18H17Br2N3O3S/c1-3-26-15-7-6-11(9-14(15)20)16(24)21-18(27)23-22-17(25)12-5-4-10(2)13(19)8-12/h4-9H,3H2,1-2H3,(H,22,25)(H2,21,23,24,27). The van der Waals surface area contributed by atoms with Crippen LogP contribution in [0.3, 0.4) is 0 Å². The summed E-state index contributed by atoms with van der Waals surface area (Å²) < 4.78 is 6.89. The highest BCUT2D eigenvalue weighted by Gasteiger charge is 2.12. The Hall–Kier alpha value is -1.97. The molecule has 0 heterocycles. The molecule has 0 atom stereocenters. The highest BCUT2D eigenvalue weighted by molar-refractivity contribution is 9.10. The van der Waals surface area contributed by atoms with E-state index in [1.165, 1.54) is 0 Å². The molecule has 0 aliphatic rings. The lowest BCUT2D eigenvalue weighted by Gasteiger charge is -2.12. The number of benzene rings is 2. The molecule has 0 saturated heterocycles. The van der Waals surface area contributed by atoms with Gasteiger partial charge >= 0.3 is 0 Å².